The zero-order valence-corrected chi connectivity index (χ0v) is 15.7. The molecule has 132 valence electrons. The number of carbonyl (C=O) groups is 1. The van der Waals surface area contributed by atoms with Crippen LogP contribution >= 0.6 is 23.2 Å². The minimum atomic E-state index is 0.0271. The van der Waals surface area contributed by atoms with Gasteiger partial charge in [0.05, 0.1) is 15.7 Å². The Bertz CT molecular complexity index is 958. The Balaban J connectivity index is 1.83. The first-order valence-corrected chi connectivity index (χ1v) is 8.63. The highest BCUT2D eigenvalue weighted by molar-refractivity contribution is 6.43. The summed E-state index contributed by atoms with van der Waals surface area (Å²) >= 11 is 12.3. The minimum absolute atomic E-state index is 0.0271. The van der Waals surface area contributed by atoms with Gasteiger partial charge in [-0.2, -0.15) is 0 Å². The maximum Gasteiger partial charge on any atom is 0.159 e. The largest absolute Gasteiger partial charge is 0.340 e. The normalized spacial score (nSPS) is 10.5. The number of hydrogen-bond acceptors (Lipinski definition) is 5. The topological polar surface area (TPSA) is 66.9 Å². The van der Waals surface area contributed by atoms with Gasteiger partial charge in [-0.3, -0.25) is 4.79 Å². The molecular formula is C19H16Cl2N4O. The molecule has 0 aliphatic rings. The van der Waals surface area contributed by atoms with Crippen LogP contribution in [0.4, 0.5) is 23.0 Å². The molecule has 0 unspecified atom stereocenters. The summed E-state index contributed by atoms with van der Waals surface area (Å²) in [7, 11) is 0. The van der Waals surface area contributed by atoms with Gasteiger partial charge in [0.2, 0.25) is 0 Å². The van der Waals surface area contributed by atoms with E-state index in [4.69, 9.17) is 23.2 Å². The third-order valence-corrected chi connectivity index (χ3v) is 4.44. The molecule has 2 N–H and O–H groups in total. The Morgan fingerprint density at radius 2 is 1.62 bits per heavy atom. The maximum absolute atomic E-state index is 11.4. The molecule has 3 aromatic rings. The number of halogens is 2. The van der Waals surface area contributed by atoms with Crippen LogP contribution < -0.4 is 10.6 Å². The molecule has 26 heavy (non-hydrogen) atoms. The molecule has 5 nitrogen and oxygen atoms in total. The van der Waals surface area contributed by atoms with Gasteiger partial charge < -0.3 is 10.6 Å². The first kappa shape index (κ1) is 18.2. The second-order valence-corrected chi connectivity index (χ2v) is 6.46. The van der Waals surface area contributed by atoms with E-state index in [-0.39, 0.29) is 5.78 Å². The van der Waals surface area contributed by atoms with Crippen LogP contribution in [-0.2, 0) is 0 Å². The Kier molecular flexibility index (Phi) is 5.40. The molecule has 3 rings (SSSR count). The van der Waals surface area contributed by atoms with Crippen molar-refractivity contribution in [2.24, 2.45) is 0 Å². The number of anilines is 4. The maximum atomic E-state index is 11.4. The molecule has 0 radical (unpaired) electrons. The molecule has 0 saturated carbocycles. The van der Waals surface area contributed by atoms with E-state index in [0.717, 1.165) is 5.69 Å². The zero-order valence-electron chi connectivity index (χ0n) is 14.2. The van der Waals surface area contributed by atoms with Crippen LogP contribution in [-0.4, -0.2) is 15.8 Å². The fourth-order valence-electron chi connectivity index (χ4n) is 2.37. The van der Waals surface area contributed by atoms with E-state index in [0.29, 0.717) is 38.8 Å². The summed E-state index contributed by atoms with van der Waals surface area (Å²) in [4.78, 5) is 20.1. The third-order valence-electron chi connectivity index (χ3n) is 3.62. The van der Waals surface area contributed by atoms with E-state index in [9.17, 15) is 4.79 Å². The van der Waals surface area contributed by atoms with Gasteiger partial charge in [-0.15, -0.1) is 0 Å². The van der Waals surface area contributed by atoms with Crippen molar-refractivity contribution < 1.29 is 4.79 Å². The summed E-state index contributed by atoms with van der Waals surface area (Å²) in [6, 6.07) is 14.3. The number of carbonyl (C=O) groups excluding carboxylic acids is 1. The van der Waals surface area contributed by atoms with Crippen LogP contribution in [0.15, 0.2) is 48.5 Å². The lowest BCUT2D eigenvalue weighted by Crippen LogP contribution is -2.02. The highest BCUT2D eigenvalue weighted by atomic mass is 35.5. The summed E-state index contributed by atoms with van der Waals surface area (Å²) in [5.74, 6) is 1.83. The van der Waals surface area contributed by atoms with E-state index in [1.807, 2.05) is 18.2 Å². The average Bonchev–Trinajstić information content (AvgIpc) is 2.59. The van der Waals surface area contributed by atoms with Gasteiger partial charge in [-0.1, -0.05) is 29.3 Å². The van der Waals surface area contributed by atoms with Crippen LogP contribution in [0.1, 0.15) is 23.1 Å². The summed E-state index contributed by atoms with van der Waals surface area (Å²) in [6.07, 6.45) is 0. The summed E-state index contributed by atoms with van der Waals surface area (Å²) in [6.45, 7) is 3.34. The van der Waals surface area contributed by atoms with Gasteiger partial charge in [-0.05, 0) is 50.2 Å². The molecule has 0 fully saturated rings. The number of nitrogens with zero attached hydrogens (tertiary/aromatic N) is 2. The Hall–Kier alpha value is -2.63. The standard InChI is InChI=1S/C19H16Cl2N4O/c1-11(26)13-6-8-14(9-7-13)24-17-10-18(23-12(2)22-17)25-16-5-3-4-15(20)19(16)21/h3-10H,1-2H3,(H2,22,23,24,25). The fourth-order valence-corrected chi connectivity index (χ4v) is 2.72. The van der Waals surface area contributed by atoms with Gasteiger partial charge >= 0.3 is 0 Å². The monoisotopic (exact) mass is 386 g/mol. The molecule has 0 atom stereocenters. The van der Waals surface area contributed by atoms with Crippen molar-refractivity contribution in [1.29, 1.82) is 0 Å². The number of benzene rings is 2. The number of hydrogen-bond donors (Lipinski definition) is 2. The van der Waals surface area contributed by atoms with Crippen LogP contribution in [0, 0.1) is 6.92 Å². The summed E-state index contributed by atoms with van der Waals surface area (Å²) in [5, 5.41) is 7.25. The lowest BCUT2D eigenvalue weighted by molar-refractivity contribution is 0.101. The first-order chi connectivity index (χ1) is 12.4. The van der Waals surface area contributed by atoms with Crippen molar-refractivity contribution in [2.75, 3.05) is 10.6 Å². The molecule has 0 amide bonds. The fraction of sp³-hybridized carbons (Fsp3) is 0.105. The van der Waals surface area contributed by atoms with Gasteiger partial charge in [0, 0.05) is 17.3 Å². The first-order valence-electron chi connectivity index (χ1n) is 7.87. The molecular weight excluding hydrogens is 371 g/mol. The van der Waals surface area contributed by atoms with Crippen molar-refractivity contribution in [3.8, 4) is 0 Å². The SMILES string of the molecule is CC(=O)c1ccc(Nc2cc(Nc3cccc(Cl)c3Cl)nc(C)n2)cc1. The van der Waals surface area contributed by atoms with Gasteiger partial charge in [0.15, 0.2) is 5.78 Å². The van der Waals surface area contributed by atoms with Gasteiger partial charge in [-0.25, -0.2) is 9.97 Å². The minimum Gasteiger partial charge on any atom is -0.340 e. The Morgan fingerprint density at radius 1 is 0.962 bits per heavy atom. The van der Waals surface area contributed by atoms with Crippen LogP contribution in [0.25, 0.3) is 0 Å². The zero-order chi connectivity index (χ0) is 18.7. The van der Waals surface area contributed by atoms with E-state index in [1.165, 1.54) is 6.92 Å². The molecule has 0 bridgehead atoms. The average molecular weight is 387 g/mol. The lowest BCUT2D eigenvalue weighted by atomic mass is 10.1. The molecule has 7 heteroatoms. The molecule has 0 saturated heterocycles. The molecule has 0 aliphatic heterocycles. The van der Waals surface area contributed by atoms with Crippen molar-refractivity contribution in [3.63, 3.8) is 0 Å². The highest BCUT2D eigenvalue weighted by Gasteiger charge is 2.08. The van der Waals surface area contributed by atoms with Crippen LogP contribution in [0.2, 0.25) is 10.0 Å². The smallest absolute Gasteiger partial charge is 0.159 e. The number of aryl methyl sites for hydroxylation is 1. The molecule has 1 heterocycles. The molecule has 0 spiro atoms. The number of Topliss-reactive ketones (excluding diaryl/α,β-unsaturated/α-hetero) is 1. The van der Waals surface area contributed by atoms with Gasteiger partial charge in [0.25, 0.3) is 0 Å². The second-order valence-electron chi connectivity index (χ2n) is 5.67. The molecule has 1 aromatic heterocycles. The predicted molar refractivity (Wildman–Crippen MR) is 106 cm³/mol. The number of rotatable bonds is 5. The molecule has 2 aromatic carbocycles. The van der Waals surface area contributed by atoms with Crippen molar-refractivity contribution in [3.05, 3.63) is 70.0 Å². The summed E-state index contributed by atoms with van der Waals surface area (Å²) < 4.78 is 0. The number of ketones is 1. The Labute approximate surface area is 161 Å². The van der Waals surface area contributed by atoms with Crippen molar-refractivity contribution in [1.82, 2.24) is 9.97 Å². The van der Waals surface area contributed by atoms with Gasteiger partial charge in [0.1, 0.15) is 17.5 Å². The van der Waals surface area contributed by atoms with E-state index < -0.39 is 0 Å². The second kappa shape index (κ2) is 7.72. The number of aromatic nitrogens is 2. The molecule has 0 aliphatic carbocycles. The quantitative estimate of drug-likeness (QED) is 0.543. The lowest BCUT2D eigenvalue weighted by Gasteiger charge is -2.12. The van der Waals surface area contributed by atoms with Crippen molar-refractivity contribution in [2.45, 2.75) is 13.8 Å². The van der Waals surface area contributed by atoms with Crippen LogP contribution in [0.3, 0.4) is 0 Å². The van der Waals surface area contributed by atoms with Crippen LogP contribution in [0.5, 0.6) is 0 Å². The van der Waals surface area contributed by atoms with E-state index in [2.05, 4.69) is 20.6 Å². The summed E-state index contributed by atoms with van der Waals surface area (Å²) in [5.41, 5.74) is 2.14. The number of nitrogens with one attached hydrogen (secondary N) is 2. The highest BCUT2D eigenvalue weighted by Crippen LogP contribution is 2.31. The van der Waals surface area contributed by atoms with E-state index >= 15 is 0 Å². The third kappa shape index (κ3) is 4.31. The Morgan fingerprint density at radius 3 is 2.27 bits per heavy atom. The van der Waals surface area contributed by atoms with E-state index in [1.54, 1.807) is 37.3 Å². The van der Waals surface area contributed by atoms with Crippen molar-refractivity contribution >= 4 is 52.0 Å². The predicted octanol–water partition coefficient (Wildman–Crippen LogP) is 5.78.